The Labute approximate surface area is 209 Å². The Hall–Kier alpha value is -3.77. The summed E-state index contributed by atoms with van der Waals surface area (Å²) in [6.45, 7) is 0.726. The standard InChI is InChI=1S/C24H25F5N6O2/c1-14-8-23(25,26)13-35(19(14)11-32-22-30-9-16(10-31-22)24(27,28)29)21(36)20-18(12-34(2)33-20)15-4-6-17(37-3)7-5-15/h4-7,9-10,12,14,19H,8,11,13H2,1-3H3,(H,30,31,32)/t14-,19-/m1/s1. The van der Waals surface area contributed by atoms with E-state index in [1.165, 1.54) is 11.8 Å². The smallest absolute Gasteiger partial charge is 0.419 e. The molecule has 13 heteroatoms. The van der Waals surface area contributed by atoms with Crippen LogP contribution in [0.5, 0.6) is 5.75 Å². The second-order valence-corrected chi connectivity index (χ2v) is 9.01. The number of hydrogen-bond donors (Lipinski definition) is 1. The number of benzene rings is 1. The number of hydrogen-bond acceptors (Lipinski definition) is 6. The van der Waals surface area contributed by atoms with Gasteiger partial charge in [-0.25, -0.2) is 18.7 Å². The number of amides is 1. The molecule has 1 saturated heterocycles. The van der Waals surface area contributed by atoms with Crippen LogP contribution < -0.4 is 10.1 Å². The molecule has 8 nitrogen and oxygen atoms in total. The lowest BCUT2D eigenvalue weighted by molar-refractivity contribution is -0.138. The molecule has 37 heavy (non-hydrogen) atoms. The summed E-state index contributed by atoms with van der Waals surface area (Å²) in [6.07, 6.45) is -2.15. The fourth-order valence-corrected chi connectivity index (χ4v) is 4.40. The number of aromatic nitrogens is 4. The van der Waals surface area contributed by atoms with E-state index in [2.05, 4.69) is 20.4 Å². The van der Waals surface area contributed by atoms with Gasteiger partial charge in [-0.15, -0.1) is 0 Å². The molecule has 4 rings (SSSR count). The number of methoxy groups -OCH3 is 1. The summed E-state index contributed by atoms with van der Waals surface area (Å²) in [5, 5.41) is 7.04. The number of alkyl halides is 5. The topological polar surface area (TPSA) is 85.2 Å². The van der Waals surface area contributed by atoms with Crippen molar-refractivity contribution in [3.63, 3.8) is 0 Å². The van der Waals surface area contributed by atoms with Gasteiger partial charge < -0.3 is 15.0 Å². The maximum atomic E-state index is 14.6. The zero-order valence-electron chi connectivity index (χ0n) is 20.3. The minimum atomic E-state index is -4.59. The number of rotatable bonds is 6. The number of halogens is 5. The molecule has 0 bridgehead atoms. The molecule has 3 aromatic rings. The Morgan fingerprint density at radius 2 is 1.84 bits per heavy atom. The highest BCUT2D eigenvalue weighted by atomic mass is 19.4. The third kappa shape index (κ3) is 5.81. The van der Waals surface area contributed by atoms with E-state index in [0.29, 0.717) is 29.3 Å². The van der Waals surface area contributed by atoms with E-state index in [1.807, 2.05) is 0 Å². The number of ether oxygens (including phenoxy) is 1. The monoisotopic (exact) mass is 524 g/mol. The van der Waals surface area contributed by atoms with Gasteiger partial charge in [0.25, 0.3) is 11.8 Å². The van der Waals surface area contributed by atoms with Crippen LogP contribution in [-0.4, -0.2) is 62.7 Å². The molecule has 3 heterocycles. The normalized spacial score (nSPS) is 19.5. The largest absolute Gasteiger partial charge is 0.497 e. The molecule has 0 saturated carbocycles. The van der Waals surface area contributed by atoms with E-state index in [1.54, 1.807) is 44.4 Å². The molecule has 0 unspecified atom stereocenters. The van der Waals surface area contributed by atoms with Crippen LogP contribution in [0.15, 0.2) is 42.9 Å². The number of likely N-dealkylation sites (tertiary alicyclic amines) is 1. The Kier molecular flexibility index (Phi) is 7.07. The Bertz CT molecular complexity index is 1240. The minimum absolute atomic E-state index is 0.00773. The molecule has 1 N–H and O–H groups in total. The van der Waals surface area contributed by atoms with Crippen molar-refractivity contribution >= 4 is 11.9 Å². The van der Waals surface area contributed by atoms with Crippen LogP contribution in [0.25, 0.3) is 11.1 Å². The fourth-order valence-electron chi connectivity index (χ4n) is 4.40. The summed E-state index contributed by atoms with van der Waals surface area (Å²) in [6, 6.07) is 6.18. The molecule has 1 aliphatic heterocycles. The Morgan fingerprint density at radius 3 is 2.43 bits per heavy atom. The maximum Gasteiger partial charge on any atom is 0.419 e. The molecule has 1 amide bonds. The summed E-state index contributed by atoms with van der Waals surface area (Å²) >= 11 is 0. The number of carbonyl (C=O) groups excluding carboxylic acids is 1. The van der Waals surface area contributed by atoms with E-state index in [9.17, 15) is 26.7 Å². The zero-order chi connectivity index (χ0) is 27.0. The molecule has 2 atom stereocenters. The van der Waals surface area contributed by atoms with Gasteiger partial charge in [0, 0.05) is 44.2 Å². The fraction of sp³-hybridized carbons (Fsp3) is 0.417. The van der Waals surface area contributed by atoms with Crippen LogP contribution in [0.3, 0.4) is 0 Å². The number of anilines is 1. The first-order chi connectivity index (χ1) is 17.4. The van der Waals surface area contributed by atoms with Crippen LogP contribution in [-0.2, 0) is 13.2 Å². The molecular formula is C24H25F5N6O2. The van der Waals surface area contributed by atoms with Gasteiger partial charge in [0.15, 0.2) is 5.69 Å². The average molecular weight is 524 g/mol. The second kappa shape index (κ2) is 9.94. The van der Waals surface area contributed by atoms with E-state index < -0.39 is 48.5 Å². The highest BCUT2D eigenvalue weighted by Gasteiger charge is 2.47. The van der Waals surface area contributed by atoms with Crippen LogP contribution in [0, 0.1) is 5.92 Å². The summed E-state index contributed by atoms with van der Waals surface area (Å²) in [7, 11) is 3.15. The summed E-state index contributed by atoms with van der Waals surface area (Å²) < 4.78 is 74.2. The van der Waals surface area contributed by atoms with Crippen LogP contribution in [0.4, 0.5) is 27.9 Å². The van der Waals surface area contributed by atoms with Crippen molar-refractivity contribution in [1.29, 1.82) is 0 Å². The van der Waals surface area contributed by atoms with E-state index in [0.717, 1.165) is 4.90 Å². The molecule has 198 valence electrons. The van der Waals surface area contributed by atoms with Crippen molar-refractivity contribution in [1.82, 2.24) is 24.6 Å². The predicted octanol–water partition coefficient (Wildman–Crippen LogP) is 4.50. The molecule has 0 radical (unpaired) electrons. The van der Waals surface area contributed by atoms with Gasteiger partial charge in [-0.3, -0.25) is 9.48 Å². The van der Waals surface area contributed by atoms with Crippen molar-refractivity contribution < 1.29 is 31.5 Å². The van der Waals surface area contributed by atoms with Gasteiger partial charge in [-0.1, -0.05) is 19.1 Å². The molecule has 1 fully saturated rings. The summed E-state index contributed by atoms with van der Waals surface area (Å²) in [5.41, 5.74) is 0.117. The first-order valence-corrected chi connectivity index (χ1v) is 11.4. The number of aryl methyl sites for hydroxylation is 1. The number of nitrogens with one attached hydrogen (secondary N) is 1. The lowest BCUT2D eigenvalue weighted by Gasteiger charge is -2.43. The van der Waals surface area contributed by atoms with Crippen molar-refractivity contribution in [2.24, 2.45) is 13.0 Å². The third-order valence-corrected chi connectivity index (χ3v) is 6.22. The molecule has 0 aliphatic carbocycles. The number of nitrogens with zero attached hydrogens (tertiary/aromatic N) is 5. The van der Waals surface area contributed by atoms with Crippen molar-refractivity contribution in [3.8, 4) is 16.9 Å². The molecule has 2 aromatic heterocycles. The number of carbonyl (C=O) groups is 1. The summed E-state index contributed by atoms with van der Waals surface area (Å²) in [5.74, 6) is -3.94. The number of piperidine rings is 1. The lowest BCUT2D eigenvalue weighted by Crippen LogP contribution is -2.57. The first kappa shape index (κ1) is 26.3. The molecule has 1 aliphatic rings. The van der Waals surface area contributed by atoms with Gasteiger partial charge >= 0.3 is 6.18 Å². The SMILES string of the molecule is COc1ccc(-c2cn(C)nc2C(=O)N2CC(F)(F)C[C@@H](C)[C@H]2CNc2ncc(C(F)(F)F)cn2)cc1. The predicted molar refractivity (Wildman–Crippen MR) is 124 cm³/mol. The van der Waals surface area contributed by atoms with Gasteiger partial charge in [0.05, 0.1) is 25.3 Å². The Morgan fingerprint density at radius 1 is 1.19 bits per heavy atom. The Balaban J connectivity index is 1.60. The van der Waals surface area contributed by atoms with Gasteiger partial charge in [-0.05, 0) is 23.6 Å². The van der Waals surface area contributed by atoms with Crippen LogP contribution >= 0.6 is 0 Å². The molecule has 1 aromatic carbocycles. The van der Waals surface area contributed by atoms with Crippen LogP contribution in [0.2, 0.25) is 0 Å². The highest BCUT2D eigenvalue weighted by Crippen LogP contribution is 2.36. The van der Waals surface area contributed by atoms with Gasteiger partial charge in [0.1, 0.15) is 5.75 Å². The van der Waals surface area contributed by atoms with E-state index >= 15 is 0 Å². The lowest BCUT2D eigenvalue weighted by atomic mass is 9.88. The van der Waals surface area contributed by atoms with E-state index in [-0.39, 0.29) is 18.2 Å². The maximum absolute atomic E-state index is 14.6. The molecular weight excluding hydrogens is 499 g/mol. The zero-order valence-corrected chi connectivity index (χ0v) is 20.3. The van der Waals surface area contributed by atoms with Gasteiger partial charge in [-0.2, -0.15) is 18.3 Å². The summed E-state index contributed by atoms with van der Waals surface area (Å²) in [4.78, 5) is 22.0. The third-order valence-electron chi connectivity index (χ3n) is 6.22. The minimum Gasteiger partial charge on any atom is -0.497 e. The van der Waals surface area contributed by atoms with Gasteiger partial charge in [0.2, 0.25) is 5.95 Å². The molecule has 0 spiro atoms. The van der Waals surface area contributed by atoms with Crippen molar-refractivity contribution in [2.75, 3.05) is 25.5 Å². The highest BCUT2D eigenvalue weighted by molar-refractivity contribution is 5.99. The average Bonchev–Trinajstić information content (AvgIpc) is 3.23. The van der Waals surface area contributed by atoms with Crippen LogP contribution in [0.1, 0.15) is 29.4 Å². The second-order valence-electron chi connectivity index (χ2n) is 9.01. The van der Waals surface area contributed by atoms with E-state index in [4.69, 9.17) is 4.74 Å². The van der Waals surface area contributed by atoms with Crippen molar-refractivity contribution in [2.45, 2.75) is 31.5 Å². The van der Waals surface area contributed by atoms with Crippen molar-refractivity contribution in [3.05, 3.63) is 54.1 Å². The first-order valence-electron chi connectivity index (χ1n) is 11.4. The quantitative estimate of drug-likeness (QED) is 0.478.